The quantitative estimate of drug-likeness (QED) is 0.406. The number of nitrogens with zero attached hydrogens (tertiary/aromatic N) is 5. The van der Waals surface area contributed by atoms with Gasteiger partial charge in [-0.2, -0.15) is 0 Å². The molecule has 6 aromatic rings. The Kier molecular flexibility index (Phi) is 3.76. The summed E-state index contributed by atoms with van der Waals surface area (Å²) in [4.78, 5) is 29.1. The highest BCUT2D eigenvalue weighted by Gasteiger charge is 2.15. The third kappa shape index (κ3) is 2.89. The van der Waals surface area contributed by atoms with Crippen LogP contribution in [0.3, 0.4) is 0 Å². The summed E-state index contributed by atoms with van der Waals surface area (Å²) in [5, 5.41) is 0.950. The molecule has 0 fully saturated rings. The Labute approximate surface area is 176 Å². The van der Waals surface area contributed by atoms with E-state index in [9.17, 15) is 0 Å². The fourth-order valence-corrected chi connectivity index (χ4v) is 3.74. The zero-order chi connectivity index (χ0) is 20.8. The van der Waals surface area contributed by atoms with E-state index in [2.05, 4.69) is 36.0 Å². The molecule has 4 N–H and O–H groups in total. The van der Waals surface area contributed by atoms with Crippen molar-refractivity contribution in [3.63, 3.8) is 0 Å². The average molecular weight is 404 g/mol. The monoisotopic (exact) mass is 404 g/mol. The first kappa shape index (κ1) is 17.3. The van der Waals surface area contributed by atoms with Gasteiger partial charge >= 0.3 is 0 Å². The van der Waals surface area contributed by atoms with Crippen molar-refractivity contribution in [3.8, 4) is 33.8 Å². The van der Waals surface area contributed by atoms with Crippen LogP contribution >= 0.6 is 0 Å². The predicted molar refractivity (Wildman–Crippen MR) is 120 cm³/mol. The number of H-pyrrole nitrogens is 2. The van der Waals surface area contributed by atoms with Gasteiger partial charge in [-0.15, -0.1) is 0 Å². The molecule has 8 nitrogen and oxygen atoms in total. The lowest BCUT2D eigenvalue weighted by molar-refractivity contribution is 1.29. The molecule has 0 radical (unpaired) electrons. The second-order valence-corrected chi connectivity index (χ2v) is 7.21. The molecule has 0 unspecified atom stereocenters. The van der Waals surface area contributed by atoms with Gasteiger partial charge in [0.15, 0.2) is 0 Å². The summed E-state index contributed by atoms with van der Waals surface area (Å²) >= 11 is 0. The Hall–Kier alpha value is -4.59. The number of nitrogen functional groups attached to an aromatic ring is 1. The van der Waals surface area contributed by atoms with Crippen LogP contribution in [0, 0.1) is 0 Å². The van der Waals surface area contributed by atoms with Crippen LogP contribution in [-0.4, -0.2) is 34.9 Å². The summed E-state index contributed by atoms with van der Waals surface area (Å²) in [5.74, 6) is 0.732. The number of fused-ring (bicyclic) bond motifs is 2. The van der Waals surface area contributed by atoms with Crippen molar-refractivity contribution in [1.82, 2.24) is 34.9 Å². The molecule has 0 atom stereocenters. The molecule has 0 amide bonds. The van der Waals surface area contributed by atoms with E-state index < -0.39 is 0 Å². The highest BCUT2D eigenvalue weighted by atomic mass is 15.0. The van der Waals surface area contributed by atoms with Gasteiger partial charge in [-0.25, -0.2) is 9.97 Å². The summed E-state index contributed by atoms with van der Waals surface area (Å²) in [7, 11) is 0. The van der Waals surface area contributed by atoms with Crippen molar-refractivity contribution in [2.75, 3.05) is 5.73 Å². The average Bonchev–Trinajstić information content (AvgIpc) is 3.43. The first-order chi connectivity index (χ1) is 15.3. The van der Waals surface area contributed by atoms with Gasteiger partial charge in [0, 0.05) is 64.8 Å². The Morgan fingerprint density at radius 1 is 0.839 bits per heavy atom. The van der Waals surface area contributed by atoms with Crippen LogP contribution in [0.4, 0.5) is 5.69 Å². The van der Waals surface area contributed by atoms with Crippen LogP contribution in [0.2, 0.25) is 0 Å². The maximum Gasteiger partial charge on any atom is 0.140 e. The van der Waals surface area contributed by atoms with Crippen molar-refractivity contribution >= 4 is 27.8 Å². The van der Waals surface area contributed by atoms with Gasteiger partial charge in [0.1, 0.15) is 17.0 Å². The highest BCUT2D eigenvalue weighted by molar-refractivity contribution is 5.98. The zero-order valence-corrected chi connectivity index (χ0v) is 16.2. The first-order valence-corrected chi connectivity index (χ1v) is 9.70. The minimum Gasteiger partial charge on any atom is -0.397 e. The van der Waals surface area contributed by atoms with E-state index in [0.717, 1.165) is 55.8 Å². The van der Waals surface area contributed by atoms with Crippen molar-refractivity contribution < 1.29 is 0 Å². The van der Waals surface area contributed by atoms with Gasteiger partial charge in [-0.1, -0.05) is 6.07 Å². The molecule has 0 aliphatic carbocycles. The number of hydrogen-bond donors (Lipinski definition) is 3. The fourth-order valence-electron chi connectivity index (χ4n) is 3.74. The standard InChI is InChI=1S/C23H16N8/c24-15-5-13(7-25-9-15)14-6-16-17(11-29-22(16)28-8-14)23-30-20-12-26-10-18(21(20)31-23)19-3-1-2-4-27-19/h1-12H,24H2,(H,28,29)(H,30,31). The van der Waals surface area contributed by atoms with Crippen molar-refractivity contribution in [1.29, 1.82) is 0 Å². The predicted octanol–water partition coefficient (Wildman–Crippen LogP) is 4.21. The molecule has 148 valence electrons. The first-order valence-electron chi connectivity index (χ1n) is 9.70. The van der Waals surface area contributed by atoms with Crippen molar-refractivity contribution in [3.05, 3.63) is 73.7 Å². The van der Waals surface area contributed by atoms with E-state index in [1.165, 1.54) is 0 Å². The maximum atomic E-state index is 5.90. The number of nitrogens with one attached hydrogen (secondary N) is 2. The second-order valence-electron chi connectivity index (χ2n) is 7.21. The van der Waals surface area contributed by atoms with E-state index in [0.29, 0.717) is 5.69 Å². The smallest absolute Gasteiger partial charge is 0.140 e. The molecular formula is C23H16N8. The van der Waals surface area contributed by atoms with Crippen LogP contribution in [-0.2, 0) is 0 Å². The van der Waals surface area contributed by atoms with Gasteiger partial charge in [0.05, 0.1) is 23.1 Å². The normalized spacial score (nSPS) is 11.4. The molecule has 0 saturated carbocycles. The number of rotatable bonds is 3. The number of pyridine rings is 4. The lowest BCUT2D eigenvalue weighted by Gasteiger charge is -2.03. The number of imidazole rings is 1. The number of aromatic nitrogens is 7. The third-order valence-corrected chi connectivity index (χ3v) is 5.21. The van der Waals surface area contributed by atoms with Crippen LogP contribution in [0.25, 0.3) is 55.8 Å². The number of hydrogen-bond acceptors (Lipinski definition) is 6. The molecule has 0 spiro atoms. The minimum atomic E-state index is 0.610. The Morgan fingerprint density at radius 3 is 2.61 bits per heavy atom. The van der Waals surface area contributed by atoms with Crippen LogP contribution in [0.5, 0.6) is 0 Å². The summed E-state index contributed by atoms with van der Waals surface area (Å²) in [6.45, 7) is 0. The van der Waals surface area contributed by atoms with E-state index >= 15 is 0 Å². The zero-order valence-electron chi connectivity index (χ0n) is 16.2. The minimum absolute atomic E-state index is 0.610. The third-order valence-electron chi connectivity index (χ3n) is 5.21. The molecule has 6 heterocycles. The molecule has 0 saturated heterocycles. The number of anilines is 1. The molecule has 8 heteroatoms. The highest BCUT2D eigenvalue weighted by Crippen LogP contribution is 2.32. The van der Waals surface area contributed by atoms with Gasteiger partial charge in [0.2, 0.25) is 0 Å². The molecule has 6 rings (SSSR count). The summed E-state index contributed by atoms with van der Waals surface area (Å²) in [6, 6.07) is 9.74. The topological polar surface area (TPSA) is 122 Å². The summed E-state index contributed by atoms with van der Waals surface area (Å²) in [5.41, 5.74) is 13.4. The van der Waals surface area contributed by atoms with Gasteiger partial charge in [-0.05, 0) is 24.3 Å². The Bertz CT molecular complexity index is 1550. The van der Waals surface area contributed by atoms with E-state index in [1.807, 2.05) is 30.5 Å². The fraction of sp³-hybridized carbons (Fsp3) is 0. The SMILES string of the molecule is Nc1cncc(-c2cnc3[nH]cc(-c4nc5c(-c6ccccn6)cncc5[nH]4)c3c2)c1. The van der Waals surface area contributed by atoms with Crippen LogP contribution in [0.1, 0.15) is 0 Å². The largest absolute Gasteiger partial charge is 0.397 e. The van der Waals surface area contributed by atoms with Crippen molar-refractivity contribution in [2.45, 2.75) is 0 Å². The Balaban J connectivity index is 1.51. The van der Waals surface area contributed by atoms with Crippen LogP contribution in [0.15, 0.2) is 73.7 Å². The molecule has 0 bridgehead atoms. The second kappa shape index (κ2) is 6.74. The number of nitrogens with two attached hydrogens (primary N) is 1. The van der Waals surface area contributed by atoms with E-state index in [1.54, 1.807) is 37.2 Å². The molecule has 31 heavy (non-hydrogen) atoms. The maximum absolute atomic E-state index is 5.90. The molecular weight excluding hydrogens is 388 g/mol. The molecule has 0 aliphatic heterocycles. The lowest BCUT2D eigenvalue weighted by atomic mass is 10.1. The summed E-state index contributed by atoms with van der Waals surface area (Å²) < 4.78 is 0. The molecule has 0 aromatic carbocycles. The van der Waals surface area contributed by atoms with Gasteiger partial charge < -0.3 is 15.7 Å². The van der Waals surface area contributed by atoms with Gasteiger partial charge in [0.25, 0.3) is 0 Å². The Morgan fingerprint density at radius 2 is 1.74 bits per heavy atom. The number of aromatic amines is 2. The summed E-state index contributed by atoms with van der Waals surface area (Å²) in [6.07, 6.45) is 12.4. The van der Waals surface area contributed by atoms with E-state index in [4.69, 9.17) is 10.7 Å². The lowest BCUT2D eigenvalue weighted by Crippen LogP contribution is -1.89. The van der Waals surface area contributed by atoms with Gasteiger partial charge in [-0.3, -0.25) is 15.0 Å². The van der Waals surface area contributed by atoms with E-state index in [-0.39, 0.29) is 0 Å². The molecule has 6 aromatic heterocycles. The van der Waals surface area contributed by atoms with Crippen molar-refractivity contribution in [2.24, 2.45) is 0 Å². The van der Waals surface area contributed by atoms with Crippen LogP contribution < -0.4 is 5.73 Å². The molecule has 0 aliphatic rings.